The van der Waals surface area contributed by atoms with Crippen LogP contribution >= 0.6 is 0 Å². The second-order valence-corrected chi connectivity index (χ2v) is 4.03. The zero-order valence-corrected chi connectivity index (χ0v) is 12.5. The standard InChI is InChI=1S/C10H12N4O3.Na.H2O.H/c15-3-6-1-2-7(17-6)14-5-13-8-9(14)11-4-12-10(8)16;;;/h4-7,15H,1-3H2,(H,11,12,16);;1H2;/q;+1;;-1/t6-,7+;;;/m0.../s1. The first-order valence-corrected chi connectivity index (χ1v) is 5.46. The van der Waals surface area contributed by atoms with Crippen molar-refractivity contribution in [2.75, 3.05) is 6.61 Å². The maximum absolute atomic E-state index is 11.5. The van der Waals surface area contributed by atoms with Crippen LogP contribution in [0, 0.1) is 0 Å². The van der Waals surface area contributed by atoms with E-state index in [0.29, 0.717) is 11.2 Å². The van der Waals surface area contributed by atoms with E-state index >= 15 is 0 Å². The van der Waals surface area contributed by atoms with Crippen molar-refractivity contribution in [1.29, 1.82) is 0 Å². The summed E-state index contributed by atoms with van der Waals surface area (Å²) in [6, 6.07) is 0. The van der Waals surface area contributed by atoms with Crippen molar-refractivity contribution in [2.45, 2.75) is 25.2 Å². The quantitative estimate of drug-likeness (QED) is 0.543. The molecule has 3 rings (SSSR count). The number of fused-ring (bicyclic) bond motifs is 1. The Hall–Kier alpha value is -0.770. The Labute approximate surface area is 131 Å². The van der Waals surface area contributed by atoms with Gasteiger partial charge >= 0.3 is 29.6 Å². The van der Waals surface area contributed by atoms with Crippen LogP contribution in [-0.2, 0) is 4.74 Å². The molecule has 1 saturated heterocycles. The van der Waals surface area contributed by atoms with E-state index in [4.69, 9.17) is 9.84 Å². The van der Waals surface area contributed by atoms with Crippen LogP contribution in [0.15, 0.2) is 17.4 Å². The number of hydrogen-bond acceptors (Lipinski definition) is 5. The Kier molecular flexibility index (Phi) is 5.65. The molecule has 0 radical (unpaired) electrons. The Morgan fingerprint density at radius 1 is 1.53 bits per heavy atom. The van der Waals surface area contributed by atoms with Gasteiger partial charge in [0, 0.05) is 0 Å². The van der Waals surface area contributed by atoms with Crippen LogP contribution in [0.1, 0.15) is 20.5 Å². The molecule has 9 heteroatoms. The second-order valence-electron chi connectivity index (χ2n) is 4.03. The molecule has 3 heterocycles. The molecule has 100 valence electrons. The third-order valence-corrected chi connectivity index (χ3v) is 2.96. The first-order valence-electron chi connectivity index (χ1n) is 5.46. The largest absolute Gasteiger partial charge is 1.00 e. The van der Waals surface area contributed by atoms with Crippen LogP contribution < -0.4 is 35.1 Å². The van der Waals surface area contributed by atoms with Gasteiger partial charge in [0.25, 0.3) is 5.56 Å². The van der Waals surface area contributed by atoms with Gasteiger partial charge in [0.05, 0.1) is 25.4 Å². The third kappa shape index (κ3) is 2.88. The summed E-state index contributed by atoms with van der Waals surface area (Å²) >= 11 is 0. The minimum absolute atomic E-state index is 0. The summed E-state index contributed by atoms with van der Waals surface area (Å²) < 4.78 is 7.36. The van der Waals surface area contributed by atoms with E-state index in [2.05, 4.69) is 15.0 Å². The van der Waals surface area contributed by atoms with Gasteiger partial charge in [-0.2, -0.15) is 0 Å². The first-order chi connectivity index (χ1) is 8.29. The summed E-state index contributed by atoms with van der Waals surface area (Å²) in [4.78, 5) is 22.1. The van der Waals surface area contributed by atoms with Crippen LogP contribution in [0.5, 0.6) is 0 Å². The van der Waals surface area contributed by atoms with Gasteiger partial charge in [-0.1, -0.05) is 0 Å². The monoisotopic (exact) mass is 278 g/mol. The van der Waals surface area contributed by atoms with E-state index in [-0.39, 0.29) is 61.0 Å². The van der Waals surface area contributed by atoms with E-state index in [9.17, 15) is 4.79 Å². The number of aliphatic hydroxyl groups excluding tert-OH is 1. The molecular formula is C10H15N4NaO4. The molecule has 0 unspecified atom stereocenters. The number of ether oxygens (including phenoxy) is 1. The van der Waals surface area contributed by atoms with Gasteiger partial charge in [0.1, 0.15) is 6.23 Å². The smallest absolute Gasteiger partial charge is 1.00 e. The maximum Gasteiger partial charge on any atom is 1.00 e. The molecule has 0 aromatic carbocycles. The number of hydrogen-bond donors (Lipinski definition) is 2. The minimum Gasteiger partial charge on any atom is -1.00 e. The number of rotatable bonds is 2. The van der Waals surface area contributed by atoms with Crippen LogP contribution in [-0.4, -0.2) is 42.8 Å². The van der Waals surface area contributed by atoms with E-state index in [1.165, 1.54) is 6.33 Å². The number of nitrogens with one attached hydrogen (secondary N) is 1. The van der Waals surface area contributed by atoms with Crippen LogP contribution in [0.3, 0.4) is 0 Å². The predicted molar refractivity (Wildman–Crippen MR) is 63.1 cm³/mol. The Morgan fingerprint density at radius 3 is 3.00 bits per heavy atom. The van der Waals surface area contributed by atoms with Crippen LogP contribution in [0.2, 0.25) is 0 Å². The van der Waals surface area contributed by atoms with Crippen molar-refractivity contribution in [2.24, 2.45) is 0 Å². The third-order valence-electron chi connectivity index (χ3n) is 2.96. The van der Waals surface area contributed by atoms with Gasteiger partial charge in [0.15, 0.2) is 11.2 Å². The van der Waals surface area contributed by atoms with Crippen LogP contribution in [0.25, 0.3) is 11.2 Å². The van der Waals surface area contributed by atoms with E-state index in [0.717, 1.165) is 12.8 Å². The maximum atomic E-state index is 11.5. The zero-order chi connectivity index (χ0) is 11.8. The van der Waals surface area contributed by atoms with Crippen molar-refractivity contribution >= 4 is 11.2 Å². The van der Waals surface area contributed by atoms with E-state index in [1.54, 1.807) is 10.9 Å². The molecule has 2 aromatic rings. The molecule has 2 atom stereocenters. The Bertz CT molecular complexity index is 604. The van der Waals surface area contributed by atoms with Gasteiger partial charge in [-0.3, -0.25) is 9.36 Å². The van der Waals surface area contributed by atoms with Crippen molar-refractivity contribution in [3.63, 3.8) is 0 Å². The fourth-order valence-corrected chi connectivity index (χ4v) is 2.10. The fraction of sp³-hybridized carbons (Fsp3) is 0.500. The van der Waals surface area contributed by atoms with Crippen molar-refractivity contribution < 1.29 is 46.3 Å². The molecule has 1 aliphatic heterocycles. The van der Waals surface area contributed by atoms with Crippen LogP contribution in [0.4, 0.5) is 0 Å². The summed E-state index contributed by atoms with van der Waals surface area (Å²) in [6.07, 6.45) is 4.14. The number of H-pyrrole nitrogens is 1. The Balaban J connectivity index is 0.00000120. The molecule has 4 N–H and O–H groups in total. The molecule has 0 aliphatic carbocycles. The SMILES string of the molecule is O.O=c1[nH]cnc2c1ncn2[C@H]1CC[C@@H](CO)O1.[H-].[Na+]. The summed E-state index contributed by atoms with van der Waals surface area (Å²) in [6.45, 7) is 0.0111. The number of aromatic amines is 1. The predicted octanol–water partition coefficient (Wildman–Crippen LogP) is -3.92. The molecule has 2 aromatic heterocycles. The van der Waals surface area contributed by atoms with Crippen molar-refractivity contribution in [3.05, 3.63) is 23.0 Å². The van der Waals surface area contributed by atoms with Gasteiger partial charge in [-0.05, 0) is 12.8 Å². The number of aliphatic hydroxyl groups is 1. The van der Waals surface area contributed by atoms with Gasteiger partial charge in [-0.25, -0.2) is 9.97 Å². The summed E-state index contributed by atoms with van der Waals surface area (Å²) in [5, 5.41) is 9.02. The molecular weight excluding hydrogens is 263 g/mol. The minimum atomic E-state index is -0.259. The molecule has 8 nitrogen and oxygen atoms in total. The Morgan fingerprint density at radius 2 is 2.32 bits per heavy atom. The number of nitrogens with zero attached hydrogens (tertiary/aromatic N) is 3. The molecule has 1 fully saturated rings. The summed E-state index contributed by atoms with van der Waals surface area (Å²) in [5.74, 6) is 0. The van der Waals surface area contributed by atoms with Gasteiger partial charge in [-0.15, -0.1) is 0 Å². The van der Waals surface area contributed by atoms with E-state index in [1.807, 2.05) is 0 Å². The van der Waals surface area contributed by atoms with Gasteiger partial charge in [0.2, 0.25) is 0 Å². The second kappa shape index (κ2) is 6.60. The number of aromatic nitrogens is 4. The van der Waals surface area contributed by atoms with Crippen molar-refractivity contribution in [1.82, 2.24) is 19.5 Å². The molecule has 0 saturated carbocycles. The molecule has 1 aliphatic rings. The molecule has 19 heavy (non-hydrogen) atoms. The van der Waals surface area contributed by atoms with Gasteiger partial charge < -0.3 is 21.7 Å². The topological polar surface area (TPSA) is 125 Å². The normalized spacial score (nSPS) is 21.9. The average Bonchev–Trinajstić information content (AvgIpc) is 2.94. The van der Waals surface area contributed by atoms with Crippen molar-refractivity contribution in [3.8, 4) is 0 Å². The zero-order valence-electron chi connectivity index (χ0n) is 11.5. The summed E-state index contributed by atoms with van der Waals surface area (Å²) in [7, 11) is 0. The molecule has 0 spiro atoms. The fourth-order valence-electron chi connectivity index (χ4n) is 2.10. The average molecular weight is 278 g/mol. The molecule has 0 bridgehead atoms. The first kappa shape index (κ1) is 16.3. The van der Waals surface area contributed by atoms with E-state index < -0.39 is 0 Å². The summed E-state index contributed by atoms with van der Waals surface area (Å²) in [5.41, 5.74) is 0.561. The number of imidazole rings is 1. The molecule has 0 amide bonds.